The molecule has 0 radical (unpaired) electrons. The maximum atomic E-state index is 12.0. The van der Waals surface area contributed by atoms with Crippen LogP contribution in [0.4, 0.5) is 0 Å². The predicted molar refractivity (Wildman–Crippen MR) is 292 cm³/mol. The van der Waals surface area contributed by atoms with Gasteiger partial charge >= 0.3 is 11.9 Å². The Bertz CT molecular complexity index is 830. The molecule has 0 aliphatic rings. The SMILES string of the molecule is CCCCCCCCCCCCCOC(=O)CCCCCCCCCCCCCCCCCCCCCCCCCCCCCCCCCCC(=O)OCCCCCCCCCCCCC. The van der Waals surface area contributed by atoms with Crippen LogP contribution in [-0.2, 0) is 19.1 Å². The van der Waals surface area contributed by atoms with Gasteiger partial charge in [-0.1, -0.05) is 335 Å². The van der Waals surface area contributed by atoms with E-state index < -0.39 is 0 Å². The minimum atomic E-state index is 0.0264. The highest BCUT2D eigenvalue weighted by Crippen LogP contribution is 2.18. The topological polar surface area (TPSA) is 52.6 Å². The highest BCUT2D eigenvalue weighted by molar-refractivity contribution is 5.69. The van der Waals surface area contributed by atoms with Crippen molar-refractivity contribution in [2.75, 3.05) is 13.2 Å². The Hall–Kier alpha value is -1.06. The van der Waals surface area contributed by atoms with Gasteiger partial charge in [0.2, 0.25) is 0 Å². The molecule has 0 aromatic carbocycles. The summed E-state index contributed by atoms with van der Waals surface area (Å²) in [7, 11) is 0. The number of hydrogen-bond acceptors (Lipinski definition) is 4. The van der Waals surface area contributed by atoms with Crippen molar-refractivity contribution in [3.63, 3.8) is 0 Å². The Morgan fingerprint density at radius 3 is 0.500 bits per heavy atom. The van der Waals surface area contributed by atoms with Crippen molar-refractivity contribution in [2.24, 2.45) is 0 Å². The molecule has 4 nitrogen and oxygen atoms in total. The van der Waals surface area contributed by atoms with Gasteiger partial charge in [0.05, 0.1) is 13.2 Å². The third-order valence-electron chi connectivity index (χ3n) is 14.5. The molecule has 0 aromatic heterocycles. The molecule has 0 unspecified atom stereocenters. The lowest BCUT2D eigenvalue weighted by atomic mass is 10.0. The lowest BCUT2D eigenvalue weighted by Crippen LogP contribution is -2.05. The molecule has 0 fully saturated rings. The van der Waals surface area contributed by atoms with Gasteiger partial charge in [-0.25, -0.2) is 0 Å². The van der Waals surface area contributed by atoms with Gasteiger partial charge in [-0.15, -0.1) is 0 Å². The Labute approximate surface area is 416 Å². The summed E-state index contributed by atoms with van der Waals surface area (Å²) in [5.41, 5.74) is 0. The first-order chi connectivity index (χ1) is 32.7. The summed E-state index contributed by atoms with van der Waals surface area (Å²) in [6, 6.07) is 0. The molecule has 66 heavy (non-hydrogen) atoms. The number of hydrogen-bond donors (Lipinski definition) is 0. The molecule has 0 bridgehead atoms. The summed E-state index contributed by atoms with van der Waals surface area (Å²) in [6.45, 7) is 5.82. The highest BCUT2D eigenvalue weighted by atomic mass is 16.5. The molecule has 394 valence electrons. The summed E-state index contributed by atoms with van der Waals surface area (Å²) < 4.78 is 10.9. The first-order valence-corrected chi connectivity index (χ1v) is 31.0. The van der Waals surface area contributed by atoms with Gasteiger partial charge in [-0.2, -0.15) is 0 Å². The van der Waals surface area contributed by atoms with E-state index in [-0.39, 0.29) is 11.9 Å². The standard InChI is InChI=1S/C62H122O4/c1-3-5-7-9-11-13-39-43-47-51-55-59-65-61(63)57-53-49-45-41-37-35-33-31-29-27-25-23-21-19-17-15-16-18-20-22-24-26-28-30-32-34-36-38-42-46-50-54-58-62(64)66-60-56-52-48-44-40-14-12-10-8-6-4-2/h3-60H2,1-2H3. The summed E-state index contributed by atoms with van der Waals surface area (Å²) in [5, 5.41) is 0. The predicted octanol–water partition coefficient (Wildman–Crippen LogP) is 22.0. The quantitative estimate of drug-likeness (QED) is 0.0450. The van der Waals surface area contributed by atoms with Crippen molar-refractivity contribution < 1.29 is 19.1 Å². The Morgan fingerprint density at radius 2 is 0.333 bits per heavy atom. The van der Waals surface area contributed by atoms with E-state index in [0.717, 1.165) is 25.7 Å². The van der Waals surface area contributed by atoms with Gasteiger partial charge in [0.15, 0.2) is 0 Å². The van der Waals surface area contributed by atoms with E-state index in [1.165, 1.54) is 321 Å². The minimum Gasteiger partial charge on any atom is -0.466 e. The number of carbonyl (C=O) groups excluding carboxylic acids is 2. The zero-order valence-corrected chi connectivity index (χ0v) is 45.6. The van der Waals surface area contributed by atoms with Crippen LogP contribution >= 0.6 is 0 Å². The van der Waals surface area contributed by atoms with Crippen molar-refractivity contribution in [1.29, 1.82) is 0 Å². The number of rotatable bonds is 59. The average Bonchev–Trinajstić information content (AvgIpc) is 3.32. The van der Waals surface area contributed by atoms with Crippen molar-refractivity contribution in [3.05, 3.63) is 0 Å². The van der Waals surface area contributed by atoms with Crippen LogP contribution in [0.5, 0.6) is 0 Å². The van der Waals surface area contributed by atoms with Gasteiger partial charge in [-0.3, -0.25) is 9.59 Å². The van der Waals surface area contributed by atoms with Gasteiger partial charge in [0.25, 0.3) is 0 Å². The second-order valence-corrected chi connectivity index (χ2v) is 21.3. The van der Waals surface area contributed by atoms with Gasteiger partial charge in [-0.05, 0) is 25.7 Å². The number of esters is 2. The van der Waals surface area contributed by atoms with Crippen molar-refractivity contribution in [2.45, 2.75) is 373 Å². The second-order valence-electron chi connectivity index (χ2n) is 21.3. The van der Waals surface area contributed by atoms with Crippen LogP contribution in [0.25, 0.3) is 0 Å². The Balaban J connectivity index is 3.16. The normalized spacial score (nSPS) is 11.5. The molecular formula is C62H122O4. The third-order valence-corrected chi connectivity index (χ3v) is 14.5. The molecule has 0 spiro atoms. The molecule has 0 aliphatic carbocycles. The number of ether oxygens (including phenoxy) is 2. The molecule has 0 aliphatic heterocycles. The second kappa shape index (κ2) is 60.1. The molecule has 0 rings (SSSR count). The molecule has 0 atom stereocenters. The van der Waals surface area contributed by atoms with E-state index in [1.54, 1.807) is 0 Å². The maximum Gasteiger partial charge on any atom is 0.305 e. The fourth-order valence-electron chi connectivity index (χ4n) is 9.89. The molecule has 0 heterocycles. The fraction of sp³-hybridized carbons (Fsp3) is 0.968. The molecule has 0 amide bonds. The first kappa shape index (κ1) is 64.9. The van der Waals surface area contributed by atoms with Crippen LogP contribution in [0, 0.1) is 0 Å². The Morgan fingerprint density at radius 1 is 0.197 bits per heavy atom. The van der Waals surface area contributed by atoms with Crippen LogP contribution < -0.4 is 0 Å². The monoisotopic (exact) mass is 931 g/mol. The summed E-state index contributed by atoms with van der Waals surface area (Å²) in [5.74, 6) is 0.0527. The smallest absolute Gasteiger partial charge is 0.305 e. The molecule has 0 N–H and O–H groups in total. The first-order valence-electron chi connectivity index (χ1n) is 31.0. The molecule has 0 saturated carbocycles. The van der Waals surface area contributed by atoms with Crippen LogP contribution in [-0.4, -0.2) is 25.2 Å². The Kier molecular flexibility index (Phi) is 59.1. The summed E-state index contributed by atoms with van der Waals surface area (Å²) >= 11 is 0. The van der Waals surface area contributed by atoms with Crippen LogP contribution in [0.2, 0.25) is 0 Å². The highest BCUT2D eigenvalue weighted by Gasteiger charge is 2.05. The van der Waals surface area contributed by atoms with Gasteiger partial charge in [0, 0.05) is 12.8 Å². The number of carbonyl (C=O) groups is 2. The fourth-order valence-corrected chi connectivity index (χ4v) is 9.89. The van der Waals surface area contributed by atoms with Crippen LogP contribution in [0.3, 0.4) is 0 Å². The third kappa shape index (κ3) is 59.1. The largest absolute Gasteiger partial charge is 0.466 e. The van der Waals surface area contributed by atoms with Gasteiger partial charge in [0.1, 0.15) is 0 Å². The maximum absolute atomic E-state index is 12.0. The van der Waals surface area contributed by atoms with Crippen LogP contribution in [0.15, 0.2) is 0 Å². The minimum absolute atomic E-state index is 0.0264. The van der Waals surface area contributed by atoms with E-state index in [1.807, 2.05) is 0 Å². The van der Waals surface area contributed by atoms with E-state index in [9.17, 15) is 9.59 Å². The van der Waals surface area contributed by atoms with E-state index in [4.69, 9.17) is 9.47 Å². The molecular weight excluding hydrogens is 809 g/mol. The zero-order valence-electron chi connectivity index (χ0n) is 45.6. The molecule has 4 heteroatoms. The zero-order chi connectivity index (χ0) is 47.6. The molecule has 0 aromatic rings. The van der Waals surface area contributed by atoms with Crippen LogP contribution in [0.1, 0.15) is 373 Å². The van der Waals surface area contributed by atoms with Gasteiger partial charge < -0.3 is 9.47 Å². The van der Waals surface area contributed by atoms with Crippen molar-refractivity contribution in [1.82, 2.24) is 0 Å². The lowest BCUT2D eigenvalue weighted by molar-refractivity contribution is -0.144. The van der Waals surface area contributed by atoms with E-state index in [2.05, 4.69) is 13.8 Å². The summed E-state index contributed by atoms with van der Waals surface area (Å²) in [6.07, 6.45) is 74.5. The average molecular weight is 932 g/mol. The number of unbranched alkanes of at least 4 members (excludes halogenated alkanes) is 51. The summed E-state index contributed by atoms with van der Waals surface area (Å²) in [4.78, 5) is 24.0. The van der Waals surface area contributed by atoms with Crippen molar-refractivity contribution >= 4 is 11.9 Å². The van der Waals surface area contributed by atoms with Crippen molar-refractivity contribution in [3.8, 4) is 0 Å². The lowest BCUT2D eigenvalue weighted by Gasteiger charge is -2.06. The van der Waals surface area contributed by atoms with E-state index in [0.29, 0.717) is 26.1 Å². The molecule has 0 saturated heterocycles. The van der Waals surface area contributed by atoms with E-state index >= 15 is 0 Å².